The molecule has 1 aromatic heterocycles. The quantitative estimate of drug-likeness (QED) is 0.607. The summed E-state index contributed by atoms with van der Waals surface area (Å²) in [5, 5.41) is 12.3. The minimum Gasteiger partial charge on any atom is -0.341 e. The minimum atomic E-state index is -0.635. The summed E-state index contributed by atoms with van der Waals surface area (Å²) in [6.45, 7) is 13.8. The highest BCUT2D eigenvalue weighted by molar-refractivity contribution is 5.97. The number of nitrogens with zero attached hydrogens (tertiary/aromatic N) is 5. The molecule has 39 heavy (non-hydrogen) atoms. The number of likely N-dealkylation sites (tertiary alicyclic amines) is 1. The van der Waals surface area contributed by atoms with Crippen molar-refractivity contribution in [2.75, 3.05) is 44.2 Å². The number of hydrogen-bond donors (Lipinski definition) is 1. The van der Waals surface area contributed by atoms with Gasteiger partial charge in [0.05, 0.1) is 23.6 Å². The van der Waals surface area contributed by atoms with Crippen LogP contribution in [0.3, 0.4) is 0 Å². The molecule has 1 N–H and O–H groups in total. The second-order valence-electron chi connectivity index (χ2n) is 12.9. The number of amides is 2. The Hall–Kier alpha value is -2.98. The molecule has 0 aliphatic carbocycles. The van der Waals surface area contributed by atoms with Gasteiger partial charge in [0.1, 0.15) is 11.6 Å². The van der Waals surface area contributed by atoms with Gasteiger partial charge in [-0.3, -0.25) is 14.5 Å². The number of nitrogens with one attached hydrogen (secondary N) is 1. The van der Waals surface area contributed by atoms with Crippen molar-refractivity contribution in [2.45, 2.75) is 65.0 Å². The first kappa shape index (κ1) is 27.6. The van der Waals surface area contributed by atoms with E-state index in [0.29, 0.717) is 49.5 Å². The number of fused-ring (bicyclic) bond motifs is 1. The molecule has 210 valence electrons. The van der Waals surface area contributed by atoms with E-state index in [9.17, 15) is 18.4 Å². The van der Waals surface area contributed by atoms with Crippen LogP contribution in [-0.4, -0.2) is 83.2 Å². The van der Waals surface area contributed by atoms with Gasteiger partial charge < -0.3 is 15.1 Å². The maximum absolute atomic E-state index is 14.3. The third-order valence-electron chi connectivity index (χ3n) is 8.09. The first-order chi connectivity index (χ1) is 18.3. The molecular formula is C29H38F2N6O2. The highest BCUT2D eigenvalue weighted by atomic mass is 19.1. The fraction of sp³-hybridized carbons (Fsp3) is 0.586. The normalized spacial score (nSPS) is 24.3. The topological polar surface area (TPSA) is 81.7 Å². The Kier molecular flexibility index (Phi) is 7.22. The van der Waals surface area contributed by atoms with Crippen molar-refractivity contribution in [3.63, 3.8) is 0 Å². The van der Waals surface area contributed by atoms with Gasteiger partial charge >= 0.3 is 0 Å². The van der Waals surface area contributed by atoms with Gasteiger partial charge in [0.25, 0.3) is 0 Å². The Bertz CT molecular complexity index is 1280. The number of piperazine rings is 1. The second kappa shape index (κ2) is 10.2. The van der Waals surface area contributed by atoms with Crippen molar-refractivity contribution in [1.82, 2.24) is 25.3 Å². The lowest BCUT2D eigenvalue weighted by molar-refractivity contribution is -0.128. The van der Waals surface area contributed by atoms with E-state index in [-0.39, 0.29) is 47.7 Å². The predicted octanol–water partition coefficient (Wildman–Crippen LogP) is 2.89. The van der Waals surface area contributed by atoms with Crippen molar-refractivity contribution < 1.29 is 18.4 Å². The van der Waals surface area contributed by atoms with E-state index in [0.717, 1.165) is 18.3 Å². The van der Waals surface area contributed by atoms with Gasteiger partial charge in [0, 0.05) is 69.1 Å². The van der Waals surface area contributed by atoms with Crippen LogP contribution in [0, 0.1) is 17.0 Å². The molecule has 0 spiro atoms. The maximum atomic E-state index is 14.3. The molecule has 2 fully saturated rings. The van der Waals surface area contributed by atoms with Crippen molar-refractivity contribution in [1.29, 1.82) is 0 Å². The SMILES string of the molecule is CC1CN(CC(=O)N2CC(C)(C)c3nnc(Cc4ccc(F)cc4F)cc32)C(CN2CC(C)(C)CC2=O)CN1. The molecule has 8 nitrogen and oxygen atoms in total. The number of carbonyl (C=O) groups is 2. The minimum absolute atomic E-state index is 0.0330. The van der Waals surface area contributed by atoms with Crippen LogP contribution in [0.1, 0.15) is 58.0 Å². The molecule has 3 aliphatic rings. The number of benzene rings is 1. The lowest BCUT2D eigenvalue weighted by atomic mass is 9.91. The Morgan fingerprint density at radius 2 is 1.90 bits per heavy atom. The van der Waals surface area contributed by atoms with Gasteiger partial charge in [-0.05, 0) is 30.0 Å². The molecule has 2 amide bonds. The van der Waals surface area contributed by atoms with Gasteiger partial charge in [0.15, 0.2) is 0 Å². The first-order valence-corrected chi connectivity index (χ1v) is 13.7. The van der Waals surface area contributed by atoms with Crippen LogP contribution >= 0.6 is 0 Å². The number of aromatic nitrogens is 2. The van der Waals surface area contributed by atoms with E-state index in [1.54, 1.807) is 11.0 Å². The molecule has 10 heteroatoms. The Morgan fingerprint density at radius 3 is 2.59 bits per heavy atom. The lowest BCUT2D eigenvalue weighted by Crippen LogP contribution is -2.61. The molecule has 2 atom stereocenters. The summed E-state index contributed by atoms with van der Waals surface area (Å²) in [6, 6.07) is 5.55. The van der Waals surface area contributed by atoms with E-state index in [1.807, 2.05) is 18.7 Å². The zero-order chi connectivity index (χ0) is 28.1. The molecular weight excluding hydrogens is 502 g/mol. The Labute approximate surface area is 228 Å². The zero-order valence-corrected chi connectivity index (χ0v) is 23.4. The van der Waals surface area contributed by atoms with Crippen LogP contribution in [0.4, 0.5) is 14.5 Å². The molecule has 2 saturated heterocycles. The van der Waals surface area contributed by atoms with Crippen LogP contribution in [0.25, 0.3) is 0 Å². The summed E-state index contributed by atoms with van der Waals surface area (Å²) in [4.78, 5) is 32.3. The average molecular weight is 541 g/mol. The van der Waals surface area contributed by atoms with E-state index >= 15 is 0 Å². The molecule has 0 radical (unpaired) electrons. The molecule has 5 rings (SSSR count). The summed E-state index contributed by atoms with van der Waals surface area (Å²) in [5.41, 5.74) is 1.83. The standard InChI is InChI=1S/C29H38F2N6O2/c1-18-13-35(22(12-32-18)14-36-16-28(2,3)11-25(36)38)15-26(39)37-17-29(4,5)27-24(37)10-21(33-34-27)8-19-6-7-20(30)9-23(19)31/h6-7,9-10,18,22,32H,8,11-17H2,1-5H3. The molecule has 3 aliphatic heterocycles. The number of anilines is 1. The van der Waals surface area contributed by atoms with E-state index in [4.69, 9.17) is 0 Å². The summed E-state index contributed by atoms with van der Waals surface area (Å²) in [5.74, 6) is -1.14. The molecule has 0 bridgehead atoms. The smallest absolute Gasteiger partial charge is 0.241 e. The van der Waals surface area contributed by atoms with Gasteiger partial charge in [0.2, 0.25) is 11.8 Å². The Balaban J connectivity index is 1.34. The van der Waals surface area contributed by atoms with E-state index in [2.05, 4.69) is 41.2 Å². The molecule has 0 saturated carbocycles. The molecule has 2 unspecified atom stereocenters. The monoisotopic (exact) mass is 540 g/mol. The van der Waals surface area contributed by atoms with Crippen molar-refractivity contribution >= 4 is 17.5 Å². The largest absolute Gasteiger partial charge is 0.341 e. The van der Waals surface area contributed by atoms with Gasteiger partial charge in [-0.2, -0.15) is 10.2 Å². The number of carbonyl (C=O) groups excluding carboxylic acids is 2. The summed E-state index contributed by atoms with van der Waals surface area (Å²) >= 11 is 0. The Morgan fingerprint density at radius 1 is 1.13 bits per heavy atom. The molecule has 1 aromatic carbocycles. The zero-order valence-electron chi connectivity index (χ0n) is 23.4. The van der Waals surface area contributed by atoms with Crippen LogP contribution in [0.5, 0.6) is 0 Å². The van der Waals surface area contributed by atoms with Crippen LogP contribution in [0.15, 0.2) is 24.3 Å². The van der Waals surface area contributed by atoms with Gasteiger partial charge in [-0.25, -0.2) is 8.78 Å². The average Bonchev–Trinajstić information content (AvgIpc) is 3.27. The van der Waals surface area contributed by atoms with Crippen LogP contribution < -0.4 is 10.2 Å². The number of hydrogen-bond acceptors (Lipinski definition) is 6. The van der Waals surface area contributed by atoms with Crippen LogP contribution in [0.2, 0.25) is 0 Å². The molecule has 4 heterocycles. The van der Waals surface area contributed by atoms with Crippen molar-refractivity contribution in [2.24, 2.45) is 5.41 Å². The third kappa shape index (κ3) is 5.82. The fourth-order valence-electron chi connectivity index (χ4n) is 6.10. The van der Waals surface area contributed by atoms with Gasteiger partial charge in [-0.15, -0.1) is 0 Å². The highest BCUT2D eigenvalue weighted by Crippen LogP contribution is 2.39. The number of halogens is 2. The van der Waals surface area contributed by atoms with E-state index < -0.39 is 11.6 Å². The fourth-order valence-corrected chi connectivity index (χ4v) is 6.10. The van der Waals surface area contributed by atoms with E-state index in [1.165, 1.54) is 12.1 Å². The summed E-state index contributed by atoms with van der Waals surface area (Å²) in [6.07, 6.45) is 0.694. The third-order valence-corrected chi connectivity index (χ3v) is 8.09. The van der Waals surface area contributed by atoms with Crippen molar-refractivity contribution in [3.8, 4) is 0 Å². The van der Waals surface area contributed by atoms with Crippen molar-refractivity contribution in [3.05, 3.63) is 52.9 Å². The second-order valence-corrected chi connectivity index (χ2v) is 12.9. The van der Waals surface area contributed by atoms with Crippen LogP contribution in [-0.2, 0) is 21.4 Å². The lowest BCUT2D eigenvalue weighted by Gasteiger charge is -2.41. The maximum Gasteiger partial charge on any atom is 0.241 e. The number of rotatable bonds is 6. The highest BCUT2D eigenvalue weighted by Gasteiger charge is 2.42. The van der Waals surface area contributed by atoms with Gasteiger partial charge in [-0.1, -0.05) is 33.8 Å². The summed E-state index contributed by atoms with van der Waals surface area (Å²) < 4.78 is 27.7. The summed E-state index contributed by atoms with van der Waals surface area (Å²) in [7, 11) is 0. The predicted molar refractivity (Wildman–Crippen MR) is 144 cm³/mol. The molecule has 2 aromatic rings. The first-order valence-electron chi connectivity index (χ1n) is 13.7.